The smallest absolute Gasteiger partial charge is 0.271 e. The van der Waals surface area contributed by atoms with Gasteiger partial charge >= 0.3 is 0 Å². The summed E-state index contributed by atoms with van der Waals surface area (Å²) in [6, 6.07) is 18.9. The van der Waals surface area contributed by atoms with E-state index in [4.69, 9.17) is 4.74 Å². The van der Waals surface area contributed by atoms with Crippen molar-refractivity contribution in [2.75, 3.05) is 37.7 Å². The van der Waals surface area contributed by atoms with E-state index in [0.717, 1.165) is 0 Å². The van der Waals surface area contributed by atoms with Crippen molar-refractivity contribution in [2.45, 2.75) is 11.8 Å². The monoisotopic (exact) mass is 440 g/mol. The molecule has 8 nitrogen and oxygen atoms in total. The summed E-state index contributed by atoms with van der Waals surface area (Å²) in [6.07, 6.45) is 0. The molecule has 0 bridgehead atoms. The Morgan fingerprint density at radius 1 is 0.903 bits per heavy atom. The summed E-state index contributed by atoms with van der Waals surface area (Å²) in [5, 5.41) is 4.49. The molecule has 4 rings (SSSR count). The molecule has 1 aliphatic heterocycles. The van der Waals surface area contributed by atoms with E-state index >= 15 is 0 Å². The predicted molar refractivity (Wildman–Crippen MR) is 118 cm³/mol. The number of ether oxygens (including phenoxy) is 1. The first kappa shape index (κ1) is 21.1. The maximum atomic E-state index is 13.0. The highest BCUT2D eigenvalue weighted by molar-refractivity contribution is 7.89. The van der Waals surface area contributed by atoms with Crippen LogP contribution in [0.4, 0.5) is 5.82 Å². The van der Waals surface area contributed by atoms with Crippen molar-refractivity contribution in [1.29, 1.82) is 0 Å². The van der Waals surface area contributed by atoms with E-state index in [1.807, 2.05) is 42.2 Å². The minimum absolute atomic E-state index is 0.216. The number of sulfonamides is 1. The van der Waals surface area contributed by atoms with Crippen molar-refractivity contribution in [1.82, 2.24) is 14.1 Å². The van der Waals surface area contributed by atoms with Crippen LogP contribution in [0.15, 0.2) is 76.4 Å². The lowest BCUT2D eigenvalue weighted by Gasteiger charge is -2.34. The molecule has 2 aromatic carbocycles. The number of hydrogen-bond donors (Lipinski definition) is 0. The van der Waals surface area contributed by atoms with Gasteiger partial charge in [-0.05, 0) is 49.4 Å². The van der Waals surface area contributed by atoms with Gasteiger partial charge in [-0.2, -0.15) is 8.99 Å². The molecule has 0 aliphatic carbocycles. The van der Waals surface area contributed by atoms with Crippen LogP contribution in [-0.4, -0.2) is 55.3 Å². The van der Waals surface area contributed by atoms with Crippen molar-refractivity contribution in [3.8, 4) is 11.4 Å². The minimum Gasteiger partial charge on any atom is -0.494 e. The van der Waals surface area contributed by atoms with Gasteiger partial charge in [-0.15, -0.1) is 5.10 Å². The number of piperazine rings is 1. The summed E-state index contributed by atoms with van der Waals surface area (Å²) in [7, 11) is -3.58. The summed E-state index contributed by atoms with van der Waals surface area (Å²) >= 11 is 0. The molecule has 9 heteroatoms. The Hall–Kier alpha value is -3.17. The molecule has 0 saturated carbocycles. The number of aromatic nitrogens is 2. The van der Waals surface area contributed by atoms with Gasteiger partial charge in [-0.3, -0.25) is 4.79 Å². The molecular weight excluding hydrogens is 416 g/mol. The summed E-state index contributed by atoms with van der Waals surface area (Å²) in [6.45, 7) is 4.04. The average Bonchev–Trinajstić information content (AvgIpc) is 2.81. The topological polar surface area (TPSA) is 84.7 Å². The van der Waals surface area contributed by atoms with E-state index in [0.29, 0.717) is 50.0 Å². The van der Waals surface area contributed by atoms with E-state index in [2.05, 4.69) is 5.10 Å². The summed E-state index contributed by atoms with van der Waals surface area (Å²) in [5.41, 5.74) is 0.470. The molecule has 162 valence electrons. The number of benzene rings is 2. The van der Waals surface area contributed by atoms with Crippen LogP contribution in [0.3, 0.4) is 0 Å². The highest BCUT2D eigenvalue weighted by atomic mass is 32.2. The Morgan fingerprint density at radius 3 is 2.23 bits per heavy atom. The fraction of sp³-hybridized carbons (Fsp3) is 0.273. The molecule has 0 radical (unpaired) electrons. The Kier molecular flexibility index (Phi) is 6.06. The van der Waals surface area contributed by atoms with Gasteiger partial charge in [0.1, 0.15) is 11.6 Å². The van der Waals surface area contributed by atoms with E-state index in [1.165, 1.54) is 15.1 Å². The molecular formula is C22H24N4O4S. The quantitative estimate of drug-likeness (QED) is 0.584. The molecule has 1 fully saturated rings. The largest absolute Gasteiger partial charge is 0.494 e. The maximum Gasteiger partial charge on any atom is 0.271 e. The van der Waals surface area contributed by atoms with Gasteiger partial charge in [0.05, 0.1) is 17.2 Å². The molecule has 1 saturated heterocycles. The standard InChI is InChI=1S/C22H24N4O4S/c1-2-30-19-8-10-20(11-9-19)31(28,29)25-16-14-24(15-17-25)21-12-13-22(27)26(23-21)18-6-4-3-5-7-18/h3-13H,2,14-17H2,1H3. The molecule has 31 heavy (non-hydrogen) atoms. The van der Waals surface area contributed by atoms with Crippen LogP contribution in [0.2, 0.25) is 0 Å². The molecule has 1 aliphatic rings. The molecule has 2 heterocycles. The van der Waals surface area contributed by atoms with Crippen LogP contribution in [-0.2, 0) is 10.0 Å². The van der Waals surface area contributed by atoms with Gasteiger partial charge in [0.2, 0.25) is 10.0 Å². The molecule has 0 unspecified atom stereocenters. The number of rotatable bonds is 6. The maximum absolute atomic E-state index is 13.0. The number of nitrogens with zero attached hydrogens (tertiary/aromatic N) is 4. The SMILES string of the molecule is CCOc1ccc(S(=O)(=O)N2CCN(c3ccc(=O)n(-c4ccccc4)n3)CC2)cc1. The van der Waals surface area contributed by atoms with E-state index < -0.39 is 10.0 Å². The second-order valence-corrected chi connectivity index (χ2v) is 9.01. The van der Waals surface area contributed by atoms with Crippen LogP contribution in [0.1, 0.15) is 6.92 Å². The number of hydrogen-bond acceptors (Lipinski definition) is 6. The third-order valence-corrected chi connectivity index (χ3v) is 7.03. The van der Waals surface area contributed by atoms with Crippen molar-refractivity contribution in [2.24, 2.45) is 0 Å². The minimum atomic E-state index is -3.58. The lowest BCUT2D eigenvalue weighted by molar-refractivity contribution is 0.340. The van der Waals surface area contributed by atoms with Crippen LogP contribution < -0.4 is 15.2 Å². The fourth-order valence-electron chi connectivity index (χ4n) is 3.51. The first-order chi connectivity index (χ1) is 15.0. The Morgan fingerprint density at radius 2 is 1.58 bits per heavy atom. The molecule has 1 aromatic heterocycles. The first-order valence-electron chi connectivity index (χ1n) is 10.1. The lowest BCUT2D eigenvalue weighted by Crippen LogP contribution is -2.49. The zero-order valence-electron chi connectivity index (χ0n) is 17.2. The van der Waals surface area contributed by atoms with Crippen molar-refractivity contribution in [3.63, 3.8) is 0 Å². The summed E-state index contributed by atoms with van der Waals surface area (Å²) in [4.78, 5) is 14.5. The highest BCUT2D eigenvalue weighted by Gasteiger charge is 2.29. The fourth-order valence-corrected chi connectivity index (χ4v) is 4.93. The third kappa shape index (κ3) is 4.47. The van der Waals surface area contributed by atoms with Gasteiger partial charge in [0.25, 0.3) is 5.56 Å². The van der Waals surface area contributed by atoms with Crippen molar-refractivity contribution < 1.29 is 13.2 Å². The van der Waals surface area contributed by atoms with Gasteiger partial charge in [-0.1, -0.05) is 18.2 Å². The summed E-state index contributed by atoms with van der Waals surface area (Å²) in [5.74, 6) is 1.28. The zero-order chi connectivity index (χ0) is 21.8. The summed E-state index contributed by atoms with van der Waals surface area (Å²) < 4.78 is 34.2. The zero-order valence-corrected chi connectivity index (χ0v) is 18.0. The van der Waals surface area contributed by atoms with Crippen LogP contribution >= 0.6 is 0 Å². The second-order valence-electron chi connectivity index (χ2n) is 7.07. The van der Waals surface area contributed by atoms with Gasteiger partial charge in [-0.25, -0.2) is 8.42 Å². The van der Waals surface area contributed by atoms with Crippen LogP contribution in [0.5, 0.6) is 5.75 Å². The predicted octanol–water partition coefficient (Wildman–Crippen LogP) is 2.14. The molecule has 0 N–H and O–H groups in total. The molecule has 0 atom stereocenters. The van der Waals surface area contributed by atoms with Crippen LogP contribution in [0, 0.1) is 0 Å². The van der Waals surface area contributed by atoms with Crippen LogP contribution in [0.25, 0.3) is 5.69 Å². The van der Waals surface area contributed by atoms with Gasteiger partial charge < -0.3 is 9.64 Å². The average molecular weight is 441 g/mol. The first-order valence-corrected chi connectivity index (χ1v) is 11.6. The van der Waals surface area contributed by atoms with Gasteiger partial charge in [0, 0.05) is 32.2 Å². The second kappa shape index (κ2) is 8.91. The number of anilines is 1. The molecule has 3 aromatic rings. The third-order valence-electron chi connectivity index (χ3n) is 5.12. The lowest BCUT2D eigenvalue weighted by atomic mass is 10.3. The Balaban J connectivity index is 1.48. The Bertz CT molecular complexity index is 1190. The van der Waals surface area contributed by atoms with Crippen molar-refractivity contribution >= 4 is 15.8 Å². The molecule has 0 spiro atoms. The highest BCUT2D eigenvalue weighted by Crippen LogP contribution is 2.22. The van der Waals surface area contributed by atoms with E-state index in [-0.39, 0.29) is 10.5 Å². The number of para-hydroxylation sites is 1. The Labute approximate surface area is 181 Å². The normalized spacial score (nSPS) is 15.1. The molecule has 0 amide bonds. The van der Waals surface area contributed by atoms with E-state index in [9.17, 15) is 13.2 Å². The van der Waals surface area contributed by atoms with Gasteiger partial charge in [0.15, 0.2) is 0 Å². The van der Waals surface area contributed by atoms with E-state index in [1.54, 1.807) is 30.3 Å². The van der Waals surface area contributed by atoms with Crippen molar-refractivity contribution in [3.05, 3.63) is 77.1 Å².